The summed E-state index contributed by atoms with van der Waals surface area (Å²) in [5.74, 6) is 0.977. The number of hydrogen-bond acceptors (Lipinski definition) is 4. The van der Waals surface area contributed by atoms with Gasteiger partial charge in [-0.05, 0) is 66.1 Å². The summed E-state index contributed by atoms with van der Waals surface area (Å²) in [5.41, 5.74) is 6.93. The van der Waals surface area contributed by atoms with E-state index in [0.29, 0.717) is 13.1 Å². The van der Waals surface area contributed by atoms with Crippen molar-refractivity contribution in [1.29, 1.82) is 0 Å². The molecule has 1 fully saturated rings. The van der Waals surface area contributed by atoms with Crippen molar-refractivity contribution in [3.05, 3.63) is 59.9 Å². The zero-order chi connectivity index (χ0) is 21.4. The van der Waals surface area contributed by atoms with E-state index < -0.39 is 0 Å². The van der Waals surface area contributed by atoms with Crippen LogP contribution in [0, 0.1) is 6.92 Å². The number of carbonyl (C=O) groups is 1. The lowest BCUT2D eigenvalue weighted by atomic mass is 9.82. The standard InChI is InChI=1S/C25H27N3O3/c1-17-13-22-15-18(3-4-21(22)16-26-17)19-5-6-23-20(14-19)7-8-25(31-23)9-11-28(12-10-25)24(29)27-30-2/h3-6,13-16H,7-12H2,1-2H3,(H,27,29). The molecule has 160 valence electrons. The molecule has 0 atom stereocenters. The second-order valence-electron chi connectivity index (χ2n) is 8.59. The topological polar surface area (TPSA) is 63.7 Å². The van der Waals surface area contributed by atoms with E-state index in [2.05, 4.69) is 52.9 Å². The third kappa shape index (κ3) is 3.83. The molecule has 2 amide bonds. The van der Waals surface area contributed by atoms with E-state index in [9.17, 15) is 4.79 Å². The Morgan fingerprint density at radius 3 is 2.65 bits per heavy atom. The van der Waals surface area contributed by atoms with Crippen molar-refractivity contribution in [3.8, 4) is 16.9 Å². The third-order valence-corrected chi connectivity index (χ3v) is 6.58. The summed E-state index contributed by atoms with van der Waals surface area (Å²) in [6.07, 6.45) is 5.57. The molecular weight excluding hydrogens is 390 g/mol. The van der Waals surface area contributed by atoms with E-state index in [1.165, 1.54) is 29.2 Å². The zero-order valence-electron chi connectivity index (χ0n) is 18.0. The molecule has 0 aliphatic carbocycles. The Morgan fingerprint density at radius 1 is 1.06 bits per heavy atom. The van der Waals surface area contributed by atoms with Crippen molar-refractivity contribution in [3.63, 3.8) is 0 Å². The summed E-state index contributed by atoms with van der Waals surface area (Å²) in [6.45, 7) is 3.37. The highest BCUT2D eigenvalue weighted by molar-refractivity contribution is 5.87. The van der Waals surface area contributed by atoms with Gasteiger partial charge >= 0.3 is 6.03 Å². The van der Waals surface area contributed by atoms with Crippen molar-refractivity contribution in [1.82, 2.24) is 15.4 Å². The lowest BCUT2D eigenvalue weighted by molar-refractivity contribution is -0.0107. The number of likely N-dealkylation sites (tertiary alicyclic amines) is 1. The summed E-state index contributed by atoms with van der Waals surface area (Å²) < 4.78 is 6.53. The van der Waals surface area contributed by atoms with Crippen LogP contribution in [0.3, 0.4) is 0 Å². The number of benzene rings is 2. The summed E-state index contributed by atoms with van der Waals surface area (Å²) in [4.78, 5) is 22.9. The molecule has 6 nitrogen and oxygen atoms in total. The quantitative estimate of drug-likeness (QED) is 0.617. The van der Waals surface area contributed by atoms with Crippen LogP contribution in [0.25, 0.3) is 21.9 Å². The number of pyridine rings is 1. The Labute approximate surface area is 182 Å². The van der Waals surface area contributed by atoms with Gasteiger partial charge in [0.2, 0.25) is 0 Å². The van der Waals surface area contributed by atoms with Gasteiger partial charge in [0.15, 0.2) is 0 Å². The molecule has 0 radical (unpaired) electrons. The highest BCUT2D eigenvalue weighted by Crippen LogP contribution is 2.41. The van der Waals surface area contributed by atoms with Crippen LogP contribution in [0.1, 0.15) is 30.5 Å². The minimum Gasteiger partial charge on any atom is -0.487 e. The molecule has 1 spiro atoms. The maximum atomic E-state index is 12.0. The molecule has 2 aliphatic heterocycles. The van der Waals surface area contributed by atoms with E-state index in [0.717, 1.165) is 42.5 Å². The van der Waals surface area contributed by atoms with Crippen LogP contribution in [0.2, 0.25) is 0 Å². The van der Waals surface area contributed by atoms with E-state index >= 15 is 0 Å². The van der Waals surface area contributed by atoms with Gasteiger partial charge in [-0.3, -0.25) is 9.82 Å². The number of aromatic nitrogens is 1. The summed E-state index contributed by atoms with van der Waals surface area (Å²) in [5, 5.41) is 2.37. The molecule has 0 unspecified atom stereocenters. The Morgan fingerprint density at radius 2 is 1.84 bits per heavy atom. The van der Waals surface area contributed by atoms with Gasteiger partial charge in [-0.25, -0.2) is 10.3 Å². The fourth-order valence-electron chi connectivity index (χ4n) is 4.75. The smallest absolute Gasteiger partial charge is 0.341 e. The van der Waals surface area contributed by atoms with Crippen LogP contribution in [-0.4, -0.2) is 41.7 Å². The number of aryl methyl sites for hydroxylation is 2. The van der Waals surface area contributed by atoms with Crippen LogP contribution in [-0.2, 0) is 11.3 Å². The summed E-state index contributed by atoms with van der Waals surface area (Å²) in [7, 11) is 1.45. The largest absolute Gasteiger partial charge is 0.487 e. The van der Waals surface area contributed by atoms with Crippen molar-refractivity contribution >= 4 is 16.8 Å². The third-order valence-electron chi connectivity index (χ3n) is 6.58. The molecule has 3 aromatic rings. The molecule has 2 aromatic carbocycles. The Hall–Kier alpha value is -3.12. The number of hydrogen-bond donors (Lipinski definition) is 1. The zero-order valence-corrected chi connectivity index (χ0v) is 18.0. The first-order valence-corrected chi connectivity index (χ1v) is 10.8. The number of urea groups is 1. The minimum absolute atomic E-state index is 0.175. The number of nitrogens with one attached hydrogen (secondary N) is 1. The normalized spacial score (nSPS) is 17.3. The molecule has 6 heteroatoms. The average Bonchev–Trinajstić information content (AvgIpc) is 2.79. The number of rotatable bonds is 2. The molecular formula is C25H27N3O3. The van der Waals surface area contributed by atoms with Crippen molar-refractivity contribution in [2.75, 3.05) is 20.2 Å². The fraction of sp³-hybridized carbons (Fsp3) is 0.360. The van der Waals surface area contributed by atoms with E-state index in [1.807, 2.05) is 13.1 Å². The second kappa shape index (κ2) is 7.85. The first-order chi connectivity index (χ1) is 15.0. The SMILES string of the molecule is CONC(=O)N1CCC2(CCc3cc(-c4ccc5cnc(C)cc5c4)ccc3O2)CC1. The molecule has 1 aromatic heterocycles. The number of carbonyl (C=O) groups excluding carboxylic acids is 1. The number of fused-ring (bicyclic) bond motifs is 2. The van der Waals surface area contributed by atoms with Crippen molar-refractivity contribution < 1.29 is 14.4 Å². The van der Waals surface area contributed by atoms with Gasteiger partial charge < -0.3 is 9.64 Å². The number of piperidine rings is 1. The molecule has 1 N–H and O–H groups in total. The summed E-state index contributed by atoms with van der Waals surface area (Å²) >= 11 is 0. The van der Waals surface area contributed by atoms with Crippen LogP contribution in [0.5, 0.6) is 5.75 Å². The van der Waals surface area contributed by atoms with Crippen molar-refractivity contribution in [2.24, 2.45) is 0 Å². The van der Waals surface area contributed by atoms with Gasteiger partial charge in [0.1, 0.15) is 11.4 Å². The predicted molar refractivity (Wildman–Crippen MR) is 120 cm³/mol. The van der Waals surface area contributed by atoms with Crippen LogP contribution < -0.4 is 10.2 Å². The Balaban J connectivity index is 1.34. The molecule has 5 rings (SSSR count). The number of hydroxylamine groups is 1. The maximum absolute atomic E-state index is 12.0. The molecule has 1 saturated heterocycles. The van der Waals surface area contributed by atoms with E-state index in [1.54, 1.807) is 4.90 Å². The Kier molecular flexibility index (Phi) is 5.02. The van der Waals surface area contributed by atoms with E-state index in [4.69, 9.17) is 9.57 Å². The lowest BCUT2D eigenvalue weighted by Gasteiger charge is -2.44. The number of ether oxygens (including phenoxy) is 1. The highest BCUT2D eigenvalue weighted by atomic mass is 16.6. The van der Waals surface area contributed by atoms with Gasteiger partial charge in [-0.15, -0.1) is 0 Å². The van der Waals surface area contributed by atoms with Crippen LogP contribution in [0.4, 0.5) is 4.79 Å². The number of amides is 2. The highest BCUT2D eigenvalue weighted by Gasteiger charge is 2.40. The van der Waals surface area contributed by atoms with Gasteiger partial charge in [0, 0.05) is 43.2 Å². The molecule has 0 bridgehead atoms. The van der Waals surface area contributed by atoms with Crippen LogP contribution in [0.15, 0.2) is 48.7 Å². The van der Waals surface area contributed by atoms with E-state index in [-0.39, 0.29) is 11.6 Å². The Bertz CT molecular complexity index is 1140. The van der Waals surface area contributed by atoms with Gasteiger partial charge in [-0.2, -0.15) is 0 Å². The number of nitrogens with zero attached hydrogens (tertiary/aromatic N) is 2. The van der Waals surface area contributed by atoms with Gasteiger partial charge in [0.05, 0.1) is 7.11 Å². The molecule has 0 saturated carbocycles. The molecule has 2 aliphatic rings. The fourth-order valence-corrected chi connectivity index (χ4v) is 4.75. The first-order valence-electron chi connectivity index (χ1n) is 10.8. The summed E-state index contributed by atoms with van der Waals surface area (Å²) in [6, 6.07) is 15.0. The monoisotopic (exact) mass is 417 g/mol. The van der Waals surface area contributed by atoms with Gasteiger partial charge in [-0.1, -0.05) is 18.2 Å². The predicted octanol–water partition coefficient (Wildman–Crippen LogP) is 4.64. The minimum atomic E-state index is -0.181. The first kappa shape index (κ1) is 19.8. The molecule has 31 heavy (non-hydrogen) atoms. The molecule has 3 heterocycles. The average molecular weight is 418 g/mol. The van der Waals surface area contributed by atoms with Crippen molar-refractivity contribution in [2.45, 2.75) is 38.2 Å². The van der Waals surface area contributed by atoms with Crippen LogP contribution >= 0.6 is 0 Å². The maximum Gasteiger partial charge on any atom is 0.341 e. The second-order valence-corrected chi connectivity index (χ2v) is 8.59. The lowest BCUT2D eigenvalue weighted by Crippen LogP contribution is -2.53. The van der Waals surface area contributed by atoms with Gasteiger partial charge in [0.25, 0.3) is 0 Å².